The average molecular weight is 350 g/mol. The molecule has 4 rings (SSSR count). The van der Waals surface area contributed by atoms with Crippen molar-refractivity contribution in [2.24, 2.45) is 0 Å². The Balaban J connectivity index is 1.61. The van der Waals surface area contributed by atoms with Gasteiger partial charge < -0.3 is 15.0 Å². The molecule has 0 aliphatic carbocycles. The van der Waals surface area contributed by atoms with Crippen LogP contribution in [0.25, 0.3) is 0 Å². The molecule has 26 heavy (non-hydrogen) atoms. The molecule has 4 heteroatoms. The molecule has 0 bridgehead atoms. The largest absolute Gasteiger partial charge is 0.376 e. The van der Waals surface area contributed by atoms with Crippen molar-refractivity contribution in [1.29, 1.82) is 0 Å². The third-order valence-electron chi connectivity index (χ3n) is 5.32. The van der Waals surface area contributed by atoms with E-state index in [1.807, 2.05) is 35.2 Å². The Morgan fingerprint density at radius 3 is 2.85 bits per heavy atom. The number of amides is 1. The number of rotatable bonds is 5. The van der Waals surface area contributed by atoms with Crippen LogP contribution < -0.4 is 5.32 Å². The average Bonchev–Trinajstić information content (AvgIpc) is 3.20. The SMILES string of the molecule is O=C(c1cccc2c1CCNC2)N(Cc1ccccc1)CC1CCCO1. The summed E-state index contributed by atoms with van der Waals surface area (Å²) < 4.78 is 5.82. The van der Waals surface area contributed by atoms with Gasteiger partial charge in [0.15, 0.2) is 0 Å². The molecule has 0 aromatic heterocycles. The molecule has 1 saturated heterocycles. The lowest BCUT2D eigenvalue weighted by Crippen LogP contribution is -2.38. The van der Waals surface area contributed by atoms with Gasteiger partial charge in [0.05, 0.1) is 6.10 Å². The summed E-state index contributed by atoms with van der Waals surface area (Å²) in [5.41, 5.74) is 4.48. The fraction of sp³-hybridized carbons (Fsp3) is 0.409. The van der Waals surface area contributed by atoms with E-state index in [1.165, 1.54) is 11.1 Å². The predicted molar refractivity (Wildman–Crippen MR) is 102 cm³/mol. The summed E-state index contributed by atoms with van der Waals surface area (Å²) in [6.07, 6.45) is 3.19. The summed E-state index contributed by atoms with van der Waals surface area (Å²) in [6, 6.07) is 16.3. The van der Waals surface area contributed by atoms with Crippen LogP contribution in [0.2, 0.25) is 0 Å². The molecule has 1 N–H and O–H groups in total. The molecule has 1 unspecified atom stereocenters. The van der Waals surface area contributed by atoms with Crippen molar-refractivity contribution >= 4 is 5.91 Å². The Morgan fingerprint density at radius 2 is 2.04 bits per heavy atom. The lowest BCUT2D eigenvalue weighted by molar-refractivity contribution is 0.0506. The van der Waals surface area contributed by atoms with Gasteiger partial charge in [-0.05, 0) is 48.6 Å². The van der Waals surface area contributed by atoms with E-state index in [0.29, 0.717) is 13.1 Å². The molecule has 0 spiro atoms. The molecule has 1 atom stereocenters. The molecule has 1 fully saturated rings. The molecule has 2 aliphatic rings. The van der Waals surface area contributed by atoms with E-state index in [2.05, 4.69) is 23.5 Å². The fourth-order valence-corrected chi connectivity index (χ4v) is 3.96. The van der Waals surface area contributed by atoms with E-state index in [0.717, 1.165) is 50.1 Å². The number of carbonyl (C=O) groups excluding carboxylic acids is 1. The topological polar surface area (TPSA) is 41.6 Å². The maximum absolute atomic E-state index is 13.5. The van der Waals surface area contributed by atoms with E-state index in [1.54, 1.807) is 0 Å². The number of nitrogens with one attached hydrogen (secondary N) is 1. The van der Waals surface area contributed by atoms with Crippen LogP contribution in [0.3, 0.4) is 0 Å². The molecular weight excluding hydrogens is 324 g/mol. The summed E-state index contributed by atoms with van der Waals surface area (Å²) in [7, 11) is 0. The Kier molecular flexibility index (Phi) is 5.32. The standard InChI is InChI=1S/C22H26N2O2/c25-22(21-10-4-8-18-14-23-12-11-20(18)21)24(16-19-9-5-13-26-19)15-17-6-2-1-3-7-17/h1-4,6-8,10,19,23H,5,9,11-16H2. The van der Waals surface area contributed by atoms with Gasteiger partial charge in [-0.25, -0.2) is 0 Å². The maximum Gasteiger partial charge on any atom is 0.254 e. The zero-order valence-electron chi connectivity index (χ0n) is 15.1. The van der Waals surface area contributed by atoms with Crippen LogP contribution in [0.5, 0.6) is 0 Å². The summed E-state index contributed by atoms with van der Waals surface area (Å²) >= 11 is 0. The Labute approximate surface area is 155 Å². The van der Waals surface area contributed by atoms with Gasteiger partial charge in [0.25, 0.3) is 5.91 Å². The smallest absolute Gasteiger partial charge is 0.254 e. The van der Waals surface area contributed by atoms with Crippen molar-refractivity contribution in [3.8, 4) is 0 Å². The number of nitrogens with zero attached hydrogens (tertiary/aromatic N) is 1. The van der Waals surface area contributed by atoms with Crippen LogP contribution in [0.15, 0.2) is 48.5 Å². The quantitative estimate of drug-likeness (QED) is 0.901. The summed E-state index contributed by atoms with van der Waals surface area (Å²) in [6.45, 7) is 3.88. The minimum absolute atomic E-state index is 0.128. The van der Waals surface area contributed by atoms with E-state index >= 15 is 0 Å². The minimum atomic E-state index is 0.128. The highest BCUT2D eigenvalue weighted by Gasteiger charge is 2.26. The molecule has 2 heterocycles. The van der Waals surface area contributed by atoms with Crippen molar-refractivity contribution < 1.29 is 9.53 Å². The maximum atomic E-state index is 13.5. The van der Waals surface area contributed by atoms with Gasteiger partial charge >= 0.3 is 0 Å². The normalized spacial score (nSPS) is 19.2. The number of carbonyl (C=O) groups is 1. The predicted octanol–water partition coefficient (Wildman–Crippen LogP) is 3.15. The number of hydrogen-bond acceptors (Lipinski definition) is 3. The Hall–Kier alpha value is -2.17. The Bertz CT molecular complexity index is 754. The van der Waals surface area contributed by atoms with E-state index in [9.17, 15) is 4.79 Å². The van der Waals surface area contributed by atoms with Gasteiger partial charge in [-0.3, -0.25) is 4.79 Å². The van der Waals surface area contributed by atoms with Crippen LogP contribution in [-0.2, 0) is 24.2 Å². The van der Waals surface area contributed by atoms with Crippen LogP contribution in [0.1, 0.15) is 39.9 Å². The number of ether oxygens (including phenoxy) is 1. The van der Waals surface area contributed by atoms with Gasteiger partial charge in [0, 0.05) is 31.8 Å². The van der Waals surface area contributed by atoms with Crippen molar-refractivity contribution in [2.45, 2.75) is 38.5 Å². The van der Waals surface area contributed by atoms with E-state index < -0.39 is 0 Å². The molecule has 4 nitrogen and oxygen atoms in total. The second kappa shape index (κ2) is 8.02. The van der Waals surface area contributed by atoms with Crippen molar-refractivity contribution in [3.63, 3.8) is 0 Å². The lowest BCUT2D eigenvalue weighted by atomic mass is 9.94. The Morgan fingerprint density at radius 1 is 1.15 bits per heavy atom. The fourth-order valence-electron chi connectivity index (χ4n) is 3.96. The van der Waals surface area contributed by atoms with Crippen molar-refractivity contribution in [1.82, 2.24) is 10.2 Å². The van der Waals surface area contributed by atoms with Gasteiger partial charge in [-0.1, -0.05) is 42.5 Å². The monoisotopic (exact) mass is 350 g/mol. The second-order valence-corrected chi connectivity index (χ2v) is 7.18. The highest BCUT2D eigenvalue weighted by molar-refractivity contribution is 5.96. The second-order valence-electron chi connectivity index (χ2n) is 7.18. The van der Waals surface area contributed by atoms with Gasteiger partial charge in [0.2, 0.25) is 0 Å². The highest BCUT2D eigenvalue weighted by Crippen LogP contribution is 2.23. The number of hydrogen-bond donors (Lipinski definition) is 1. The van der Waals surface area contributed by atoms with Gasteiger partial charge in [0.1, 0.15) is 0 Å². The van der Waals surface area contributed by atoms with Gasteiger partial charge in [-0.15, -0.1) is 0 Å². The van der Waals surface area contributed by atoms with E-state index in [-0.39, 0.29) is 12.0 Å². The summed E-state index contributed by atoms with van der Waals surface area (Å²) in [5.74, 6) is 0.128. The first-order chi connectivity index (χ1) is 12.8. The first-order valence-corrected chi connectivity index (χ1v) is 9.57. The van der Waals surface area contributed by atoms with E-state index in [4.69, 9.17) is 4.74 Å². The number of benzene rings is 2. The molecule has 2 aromatic rings. The summed E-state index contributed by atoms with van der Waals surface area (Å²) in [4.78, 5) is 15.4. The van der Waals surface area contributed by atoms with Crippen LogP contribution in [0, 0.1) is 0 Å². The lowest BCUT2D eigenvalue weighted by Gasteiger charge is -2.28. The molecule has 2 aliphatic heterocycles. The minimum Gasteiger partial charge on any atom is -0.376 e. The highest BCUT2D eigenvalue weighted by atomic mass is 16.5. The first kappa shape index (κ1) is 17.3. The molecule has 0 radical (unpaired) electrons. The summed E-state index contributed by atoms with van der Waals surface area (Å²) in [5, 5.41) is 3.39. The molecule has 1 amide bonds. The zero-order valence-corrected chi connectivity index (χ0v) is 15.1. The van der Waals surface area contributed by atoms with Crippen LogP contribution in [0.4, 0.5) is 0 Å². The van der Waals surface area contributed by atoms with Crippen LogP contribution >= 0.6 is 0 Å². The van der Waals surface area contributed by atoms with Gasteiger partial charge in [-0.2, -0.15) is 0 Å². The third kappa shape index (κ3) is 3.81. The molecule has 136 valence electrons. The third-order valence-corrected chi connectivity index (χ3v) is 5.32. The molecule has 2 aromatic carbocycles. The zero-order chi connectivity index (χ0) is 17.8. The molecule has 0 saturated carbocycles. The first-order valence-electron chi connectivity index (χ1n) is 9.57. The van der Waals surface area contributed by atoms with Crippen molar-refractivity contribution in [2.75, 3.05) is 19.7 Å². The van der Waals surface area contributed by atoms with Crippen LogP contribution in [-0.4, -0.2) is 36.6 Å². The van der Waals surface area contributed by atoms with Crippen molar-refractivity contribution in [3.05, 3.63) is 70.8 Å². The number of fused-ring (bicyclic) bond motifs is 1. The molecular formula is C22H26N2O2.